The first kappa shape index (κ1) is 17.5. The van der Waals surface area contributed by atoms with Crippen LogP contribution in [0.5, 0.6) is 5.88 Å². The van der Waals surface area contributed by atoms with Gasteiger partial charge >= 0.3 is 0 Å². The van der Waals surface area contributed by atoms with Crippen molar-refractivity contribution in [2.75, 3.05) is 26.3 Å². The summed E-state index contributed by atoms with van der Waals surface area (Å²) in [5.41, 5.74) is -0.0499. The third kappa shape index (κ3) is 3.76. The van der Waals surface area contributed by atoms with Crippen LogP contribution in [0.3, 0.4) is 0 Å². The van der Waals surface area contributed by atoms with E-state index >= 15 is 0 Å². The van der Waals surface area contributed by atoms with Crippen LogP contribution in [-0.4, -0.2) is 41.8 Å². The second-order valence-electron chi connectivity index (χ2n) is 7.18. The van der Waals surface area contributed by atoms with E-state index in [0.29, 0.717) is 12.5 Å². The number of likely N-dealkylation sites (tertiary alicyclic amines) is 1. The summed E-state index contributed by atoms with van der Waals surface area (Å²) in [5.74, 6) is 1.15. The van der Waals surface area contributed by atoms with Crippen molar-refractivity contribution in [2.45, 2.75) is 37.8 Å². The van der Waals surface area contributed by atoms with Gasteiger partial charge in [-0.15, -0.1) is 0 Å². The highest BCUT2D eigenvalue weighted by Crippen LogP contribution is 2.42. The molecule has 0 bridgehead atoms. The molecule has 4 heterocycles. The average molecular weight is 360 g/mol. The molecule has 2 aliphatic rings. The van der Waals surface area contributed by atoms with Gasteiger partial charge < -0.3 is 13.9 Å². The maximum Gasteiger partial charge on any atom is 0.250 e. The van der Waals surface area contributed by atoms with Crippen molar-refractivity contribution in [1.82, 2.24) is 9.88 Å². The van der Waals surface area contributed by atoms with Gasteiger partial charge in [-0.2, -0.15) is 0 Å². The smallest absolute Gasteiger partial charge is 0.250 e. The zero-order chi connectivity index (χ0) is 17.8. The highest BCUT2D eigenvalue weighted by Gasteiger charge is 2.45. The summed E-state index contributed by atoms with van der Waals surface area (Å²) in [7, 11) is 0. The van der Waals surface area contributed by atoms with Gasteiger partial charge in [0.05, 0.1) is 25.0 Å². The molecule has 1 atom stereocenters. The van der Waals surface area contributed by atoms with Gasteiger partial charge in [0, 0.05) is 25.9 Å². The first-order valence-corrected chi connectivity index (χ1v) is 9.37. The lowest BCUT2D eigenvalue weighted by Crippen LogP contribution is -2.47. The number of nitrogens with zero attached hydrogens (tertiary/aromatic N) is 2. The van der Waals surface area contributed by atoms with E-state index in [9.17, 15) is 4.39 Å². The molecule has 0 aromatic carbocycles. The Kier molecular flexibility index (Phi) is 5.22. The lowest BCUT2D eigenvalue weighted by atomic mass is 9.78. The standard InChI is InChI=1S/C20H25FN2O3/c21-18-4-1-9-22-19(18)25-13-5-16-6-14-26-20(16)7-10-23(11-8-20)15-17-3-2-12-24-17/h1-4,9,12,16H,5-8,10-11,13-15H2. The van der Waals surface area contributed by atoms with Crippen molar-refractivity contribution in [1.29, 1.82) is 0 Å². The van der Waals surface area contributed by atoms with Crippen LogP contribution in [0.15, 0.2) is 41.1 Å². The second kappa shape index (κ2) is 7.76. The minimum absolute atomic E-state index is 0.0499. The minimum Gasteiger partial charge on any atom is -0.476 e. The molecule has 26 heavy (non-hydrogen) atoms. The number of hydrogen-bond donors (Lipinski definition) is 0. The molecule has 2 saturated heterocycles. The zero-order valence-corrected chi connectivity index (χ0v) is 14.9. The van der Waals surface area contributed by atoms with Crippen LogP contribution >= 0.6 is 0 Å². The first-order chi connectivity index (χ1) is 12.8. The molecule has 5 nitrogen and oxygen atoms in total. The normalized spacial score (nSPS) is 22.7. The van der Waals surface area contributed by atoms with E-state index in [1.165, 1.54) is 6.07 Å². The minimum atomic E-state index is -0.406. The molecular formula is C20H25FN2O3. The molecular weight excluding hydrogens is 335 g/mol. The molecule has 2 aromatic rings. The van der Waals surface area contributed by atoms with Gasteiger partial charge in [-0.05, 0) is 55.9 Å². The van der Waals surface area contributed by atoms with Gasteiger partial charge in [-0.25, -0.2) is 9.37 Å². The van der Waals surface area contributed by atoms with Crippen LogP contribution in [0.1, 0.15) is 31.4 Å². The Bertz CT molecular complexity index is 699. The fraction of sp³-hybridized carbons (Fsp3) is 0.550. The summed E-state index contributed by atoms with van der Waals surface area (Å²) in [6, 6.07) is 6.89. The molecule has 0 saturated carbocycles. The van der Waals surface area contributed by atoms with E-state index in [-0.39, 0.29) is 11.5 Å². The van der Waals surface area contributed by atoms with Crippen molar-refractivity contribution < 1.29 is 18.3 Å². The topological polar surface area (TPSA) is 47.7 Å². The largest absolute Gasteiger partial charge is 0.476 e. The highest BCUT2D eigenvalue weighted by molar-refractivity contribution is 5.12. The van der Waals surface area contributed by atoms with E-state index in [1.807, 2.05) is 12.1 Å². The molecule has 0 radical (unpaired) electrons. The summed E-state index contributed by atoms with van der Waals surface area (Å²) in [6.07, 6.45) is 7.24. The monoisotopic (exact) mass is 360 g/mol. The van der Waals surface area contributed by atoms with Crippen molar-refractivity contribution in [3.63, 3.8) is 0 Å². The van der Waals surface area contributed by atoms with Crippen molar-refractivity contribution in [3.05, 3.63) is 48.3 Å². The van der Waals surface area contributed by atoms with Crippen LogP contribution in [0, 0.1) is 11.7 Å². The lowest BCUT2D eigenvalue weighted by Gasteiger charge is -2.42. The Morgan fingerprint density at radius 1 is 1.27 bits per heavy atom. The zero-order valence-electron chi connectivity index (χ0n) is 14.9. The summed E-state index contributed by atoms with van der Waals surface area (Å²) in [5, 5.41) is 0. The quantitative estimate of drug-likeness (QED) is 0.787. The number of pyridine rings is 1. The van der Waals surface area contributed by atoms with Gasteiger partial charge in [-0.3, -0.25) is 4.90 Å². The molecule has 1 spiro atoms. The molecule has 2 aliphatic heterocycles. The van der Waals surface area contributed by atoms with Crippen LogP contribution in [0.4, 0.5) is 4.39 Å². The first-order valence-electron chi connectivity index (χ1n) is 9.37. The Morgan fingerprint density at radius 3 is 2.92 bits per heavy atom. The van der Waals surface area contributed by atoms with Crippen molar-refractivity contribution in [3.8, 4) is 5.88 Å². The van der Waals surface area contributed by atoms with Crippen molar-refractivity contribution in [2.24, 2.45) is 5.92 Å². The van der Waals surface area contributed by atoms with E-state index in [2.05, 4.69) is 9.88 Å². The number of ether oxygens (including phenoxy) is 2. The van der Waals surface area contributed by atoms with Gasteiger partial charge in [0.1, 0.15) is 5.76 Å². The van der Waals surface area contributed by atoms with Gasteiger partial charge in [-0.1, -0.05) is 0 Å². The highest BCUT2D eigenvalue weighted by atomic mass is 19.1. The Labute approximate surface area is 153 Å². The number of piperidine rings is 1. The predicted octanol–water partition coefficient (Wildman–Crippen LogP) is 3.65. The van der Waals surface area contributed by atoms with Crippen LogP contribution < -0.4 is 4.74 Å². The molecule has 1 unspecified atom stereocenters. The molecule has 140 valence electrons. The fourth-order valence-corrected chi connectivity index (χ4v) is 4.23. The van der Waals surface area contributed by atoms with E-state index in [1.54, 1.807) is 18.5 Å². The summed E-state index contributed by atoms with van der Waals surface area (Å²) in [4.78, 5) is 6.37. The van der Waals surface area contributed by atoms with Crippen molar-refractivity contribution >= 4 is 0 Å². The Hall–Kier alpha value is -1.92. The summed E-state index contributed by atoms with van der Waals surface area (Å²) in [6.45, 7) is 4.15. The summed E-state index contributed by atoms with van der Waals surface area (Å²) < 4.78 is 30.8. The van der Waals surface area contributed by atoms with Crippen LogP contribution in [0.2, 0.25) is 0 Å². The number of hydrogen-bond acceptors (Lipinski definition) is 5. The third-order valence-electron chi connectivity index (χ3n) is 5.69. The number of halogens is 1. The fourth-order valence-electron chi connectivity index (χ4n) is 4.23. The lowest BCUT2D eigenvalue weighted by molar-refractivity contribution is -0.0716. The average Bonchev–Trinajstić information content (AvgIpc) is 3.29. The number of aromatic nitrogens is 1. The summed E-state index contributed by atoms with van der Waals surface area (Å²) >= 11 is 0. The SMILES string of the molecule is Fc1cccnc1OCCC1CCOC12CCN(Cc1ccco1)CC2. The van der Waals surface area contributed by atoms with Gasteiger partial charge in [0.25, 0.3) is 0 Å². The molecule has 6 heteroatoms. The Morgan fingerprint density at radius 2 is 2.15 bits per heavy atom. The maximum atomic E-state index is 13.6. The van der Waals surface area contributed by atoms with E-state index in [4.69, 9.17) is 13.9 Å². The second-order valence-corrected chi connectivity index (χ2v) is 7.18. The van der Waals surface area contributed by atoms with E-state index in [0.717, 1.165) is 57.7 Å². The predicted molar refractivity (Wildman–Crippen MR) is 94.3 cm³/mol. The molecule has 4 rings (SSSR count). The molecule has 0 amide bonds. The number of rotatable bonds is 6. The maximum absolute atomic E-state index is 13.6. The molecule has 2 fully saturated rings. The number of furan rings is 1. The Balaban J connectivity index is 1.28. The molecule has 2 aromatic heterocycles. The van der Waals surface area contributed by atoms with Gasteiger partial charge in [0.2, 0.25) is 5.88 Å². The van der Waals surface area contributed by atoms with Crippen LogP contribution in [0.25, 0.3) is 0 Å². The molecule has 0 aliphatic carbocycles. The third-order valence-corrected chi connectivity index (χ3v) is 5.69. The molecule has 0 N–H and O–H groups in total. The van der Waals surface area contributed by atoms with E-state index < -0.39 is 5.82 Å². The van der Waals surface area contributed by atoms with Crippen LogP contribution in [-0.2, 0) is 11.3 Å². The van der Waals surface area contributed by atoms with Gasteiger partial charge in [0.15, 0.2) is 5.82 Å².